The quantitative estimate of drug-likeness (QED) is 0.205. The number of rotatable bonds is 14. The Morgan fingerprint density at radius 3 is 2.30 bits per heavy atom. The number of unbranched alkanes of at least 4 members (excludes halogenated alkanes) is 2. The fourth-order valence-electron chi connectivity index (χ4n) is 2.69. The van der Waals surface area contributed by atoms with Gasteiger partial charge in [-0.2, -0.15) is 0 Å². The number of nitrogens with zero attached hydrogens (tertiary/aromatic N) is 1. The summed E-state index contributed by atoms with van der Waals surface area (Å²) >= 11 is 0. The Kier molecular flexibility index (Phi) is 11.1. The summed E-state index contributed by atoms with van der Waals surface area (Å²) in [5.74, 6) is -1.95. The van der Waals surface area contributed by atoms with Crippen molar-refractivity contribution in [1.82, 2.24) is 25.9 Å². The van der Waals surface area contributed by atoms with Crippen LogP contribution in [-0.4, -0.2) is 58.3 Å². The molecule has 0 fully saturated rings. The van der Waals surface area contributed by atoms with Crippen molar-refractivity contribution in [2.24, 2.45) is 11.5 Å². The number of amides is 4. The fraction of sp³-hybridized carbons (Fsp3) is 0.632. The number of hydrogen-bond donors (Lipinski definition) is 6. The minimum atomic E-state index is -0.907. The van der Waals surface area contributed by atoms with Crippen LogP contribution in [0.25, 0.3) is 0 Å². The van der Waals surface area contributed by atoms with Gasteiger partial charge in [0.1, 0.15) is 18.1 Å². The van der Waals surface area contributed by atoms with Crippen molar-refractivity contribution in [3.8, 4) is 0 Å². The molecule has 0 radical (unpaired) electrons. The average Bonchev–Trinajstić information content (AvgIpc) is 3.21. The van der Waals surface area contributed by atoms with Crippen LogP contribution in [0.1, 0.15) is 51.6 Å². The Bertz CT molecular complexity index is 693. The van der Waals surface area contributed by atoms with E-state index in [9.17, 15) is 19.2 Å². The van der Waals surface area contributed by atoms with Crippen LogP contribution in [-0.2, 0) is 25.6 Å². The maximum atomic E-state index is 12.4. The van der Waals surface area contributed by atoms with Crippen LogP contribution in [0.3, 0.4) is 0 Å². The van der Waals surface area contributed by atoms with Crippen molar-refractivity contribution >= 4 is 23.6 Å². The topological polar surface area (TPSA) is 185 Å². The van der Waals surface area contributed by atoms with Gasteiger partial charge in [-0.3, -0.25) is 19.2 Å². The molecule has 1 aromatic rings. The summed E-state index contributed by atoms with van der Waals surface area (Å²) in [6, 6.07) is -2.59. The molecular formula is C19H33N7O4. The highest BCUT2D eigenvalue weighted by atomic mass is 16.2. The van der Waals surface area contributed by atoms with Crippen LogP contribution in [0.15, 0.2) is 12.5 Å². The summed E-state index contributed by atoms with van der Waals surface area (Å²) < 4.78 is 0. The number of carbonyl (C=O) groups is 4. The standard InChI is InChI=1S/C19H33N7O4/c1-12(24-16(27)6-4-3-5-9-20)18(29)25-13(2)19(30)26-15(17(21)28)8-7-14-10-22-11-23-14/h10-13,15H,3-9,20H2,1-2H3,(H2,21,28)(H,22,23)(H,24,27)(H,25,29)(H,26,30)/t12-,13-,15-/m0/s1. The Hall–Kier alpha value is -2.95. The lowest BCUT2D eigenvalue weighted by Gasteiger charge is -2.21. The number of primary amides is 1. The van der Waals surface area contributed by atoms with E-state index in [2.05, 4.69) is 25.9 Å². The van der Waals surface area contributed by atoms with E-state index in [1.54, 1.807) is 6.20 Å². The molecule has 0 bridgehead atoms. The molecule has 0 saturated carbocycles. The number of aromatic amines is 1. The highest BCUT2D eigenvalue weighted by Crippen LogP contribution is 2.02. The lowest BCUT2D eigenvalue weighted by Crippen LogP contribution is -2.54. The van der Waals surface area contributed by atoms with Gasteiger partial charge in [-0.25, -0.2) is 4.98 Å². The summed E-state index contributed by atoms with van der Waals surface area (Å²) in [6.07, 6.45) is 6.62. The third-order valence-electron chi connectivity index (χ3n) is 4.55. The molecule has 0 unspecified atom stereocenters. The Morgan fingerprint density at radius 2 is 1.70 bits per heavy atom. The molecule has 0 saturated heterocycles. The molecule has 1 rings (SSSR count). The van der Waals surface area contributed by atoms with Gasteiger partial charge in [0.15, 0.2) is 0 Å². The molecule has 11 nitrogen and oxygen atoms in total. The van der Waals surface area contributed by atoms with E-state index in [-0.39, 0.29) is 5.91 Å². The van der Waals surface area contributed by atoms with E-state index >= 15 is 0 Å². The average molecular weight is 424 g/mol. The molecule has 1 aromatic heterocycles. The molecule has 11 heteroatoms. The first kappa shape index (κ1) is 25.1. The normalized spacial score (nSPS) is 13.7. The van der Waals surface area contributed by atoms with Gasteiger partial charge in [0.05, 0.1) is 6.33 Å². The Morgan fingerprint density at radius 1 is 1.03 bits per heavy atom. The van der Waals surface area contributed by atoms with Crippen molar-refractivity contribution in [2.45, 2.75) is 70.5 Å². The van der Waals surface area contributed by atoms with E-state index in [1.807, 2.05) is 0 Å². The van der Waals surface area contributed by atoms with Gasteiger partial charge in [0.2, 0.25) is 23.6 Å². The molecule has 4 amide bonds. The second-order valence-corrected chi connectivity index (χ2v) is 7.20. The number of nitrogens with one attached hydrogen (secondary N) is 4. The maximum Gasteiger partial charge on any atom is 0.242 e. The fourth-order valence-corrected chi connectivity index (χ4v) is 2.69. The first-order valence-electron chi connectivity index (χ1n) is 10.1. The van der Waals surface area contributed by atoms with Crippen molar-refractivity contribution < 1.29 is 19.2 Å². The number of nitrogens with two attached hydrogens (primary N) is 2. The van der Waals surface area contributed by atoms with Crippen LogP contribution in [0.5, 0.6) is 0 Å². The summed E-state index contributed by atoms with van der Waals surface area (Å²) in [4.78, 5) is 54.9. The number of aromatic nitrogens is 2. The Labute approximate surface area is 176 Å². The van der Waals surface area contributed by atoms with Gasteiger partial charge in [-0.15, -0.1) is 0 Å². The highest BCUT2D eigenvalue weighted by molar-refractivity contribution is 5.93. The van der Waals surface area contributed by atoms with Crippen LogP contribution in [0, 0.1) is 0 Å². The molecule has 3 atom stereocenters. The smallest absolute Gasteiger partial charge is 0.242 e. The van der Waals surface area contributed by atoms with E-state index in [0.29, 0.717) is 32.2 Å². The van der Waals surface area contributed by atoms with Crippen LogP contribution in [0.2, 0.25) is 0 Å². The number of carbonyl (C=O) groups excluding carboxylic acids is 4. The number of H-pyrrole nitrogens is 1. The molecule has 0 aliphatic carbocycles. The van der Waals surface area contributed by atoms with Gasteiger partial charge in [0.25, 0.3) is 0 Å². The zero-order valence-electron chi connectivity index (χ0n) is 17.6. The minimum Gasteiger partial charge on any atom is -0.368 e. The molecule has 0 aromatic carbocycles. The van der Waals surface area contributed by atoms with Crippen LogP contribution < -0.4 is 27.4 Å². The molecule has 8 N–H and O–H groups in total. The molecule has 0 aliphatic rings. The predicted molar refractivity (Wildman–Crippen MR) is 111 cm³/mol. The zero-order valence-corrected chi connectivity index (χ0v) is 17.6. The van der Waals surface area contributed by atoms with Gasteiger partial charge in [-0.1, -0.05) is 6.42 Å². The first-order chi connectivity index (χ1) is 14.2. The summed E-state index contributed by atoms with van der Waals surface area (Å²) in [6.45, 7) is 3.61. The predicted octanol–water partition coefficient (Wildman–Crippen LogP) is -1.16. The third-order valence-corrected chi connectivity index (χ3v) is 4.55. The van der Waals surface area contributed by atoms with Gasteiger partial charge < -0.3 is 32.4 Å². The number of hydrogen-bond acceptors (Lipinski definition) is 6. The maximum absolute atomic E-state index is 12.4. The third kappa shape index (κ3) is 9.50. The van der Waals surface area contributed by atoms with Gasteiger partial charge in [-0.05, 0) is 46.1 Å². The van der Waals surface area contributed by atoms with E-state index in [1.165, 1.54) is 20.2 Å². The van der Waals surface area contributed by atoms with Gasteiger partial charge >= 0.3 is 0 Å². The van der Waals surface area contributed by atoms with Crippen molar-refractivity contribution in [3.63, 3.8) is 0 Å². The SMILES string of the molecule is C[C@H](NC(=O)CCCCCN)C(=O)N[C@@H](C)C(=O)N[C@@H](CCc1cnc[nH]1)C(N)=O. The molecular weight excluding hydrogens is 390 g/mol. The van der Waals surface area contributed by atoms with Crippen molar-refractivity contribution in [3.05, 3.63) is 18.2 Å². The van der Waals surface area contributed by atoms with Crippen LogP contribution >= 0.6 is 0 Å². The summed E-state index contributed by atoms with van der Waals surface area (Å²) in [7, 11) is 0. The first-order valence-corrected chi connectivity index (χ1v) is 10.1. The zero-order chi connectivity index (χ0) is 22.5. The lowest BCUT2D eigenvalue weighted by atomic mass is 10.1. The Balaban J connectivity index is 2.43. The second kappa shape index (κ2) is 13.3. The van der Waals surface area contributed by atoms with Crippen molar-refractivity contribution in [2.75, 3.05) is 6.54 Å². The van der Waals surface area contributed by atoms with E-state index in [0.717, 1.165) is 18.5 Å². The molecule has 1 heterocycles. The molecule has 168 valence electrons. The monoisotopic (exact) mass is 423 g/mol. The largest absolute Gasteiger partial charge is 0.368 e. The summed E-state index contributed by atoms with van der Waals surface area (Å²) in [5.41, 5.74) is 11.6. The molecule has 0 spiro atoms. The lowest BCUT2D eigenvalue weighted by molar-refractivity contribution is -0.132. The minimum absolute atomic E-state index is 0.237. The molecule has 0 aliphatic heterocycles. The number of aryl methyl sites for hydroxylation is 1. The van der Waals surface area contributed by atoms with Gasteiger partial charge in [0, 0.05) is 18.3 Å². The summed E-state index contributed by atoms with van der Waals surface area (Å²) in [5, 5.41) is 7.67. The highest BCUT2D eigenvalue weighted by Gasteiger charge is 2.24. The van der Waals surface area contributed by atoms with Crippen molar-refractivity contribution in [1.29, 1.82) is 0 Å². The molecule has 30 heavy (non-hydrogen) atoms. The van der Waals surface area contributed by atoms with E-state index < -0.39 is 35.8 Å². The number of imidazole rings is 1. The van der Waals surface area contributed by atoms with E-state index in [4.69, 9.17) is 11.5 Å². The van der Waals surface area contributed by atoms with Crippen LogP contribution in [0.4, 0.5) is 0 Å². The second-order valence-electron chi connectivity index (χ2n) is 7.20.